The Labute approximate surface area is 218 Å². The molecule has 1 nitrogen and oxygen atoms in total. The van der Waals surface area contributed by atoms with E-state index in [1.165, 1.54) is 33.0 Å². The van der Waals surface area contributed by atoms with E-state index in [-0.39, 0.29) is 0 Å². The summed E-state index contributed by atoms with van der Waals surface area (Å²) < 4.78 is 0. The van der Waals surface area contributed by atoms with Crippen LogP contribution in [0.4, 0.5) is 17.1 Å². The maximum atomic E-state index is 2.34. The van der Waals surface area contributed by atoms with Crippen molar-refractivity contribution in [3.63, 3.8) is 0 Å². The molecule has 0 heterocycles. The van der Waals surface area contributed by atoms with E-state index in [9.17, 15) is 0 Å². The average Bonchev–Trinajstić information content (AvgIpc) is 2.98. The molecule has 0 aliphatic carbocycles. The maximum Gasteiger partial charge on any atom is 0.0540 e. The molecule has 0 bridgehead atoms. The number of hydrogen-bond donors (Lipinski definition) is 0. The lowest BCUT2D eigenvalue weighted by molar-refractivity contribution is 1.30. The maximum absolute atomic E-state index is 2.34. The fourth-order valence-electron chi connectivity index (χ4n) is 4.95. The highest BCUT2D eigenvalue weighted by Crippen LogP contribution is 2.41. The number of nitrogens with zero attached hydrogens (tertiary/aromatic N) is 1. The Morgan fingerprint density at radius 3 is 1.57 bits per heavy atom. The summed E-state index contributed by atoms with van der Waals surface area (Å²) in [5, 5.41) is 2.44. The Morgan fingerprint density at radius 1 is 0.432 bits per heavy atom. The number of anilines is 3. The minimum Gasteiger partial charge on any atom is -0.310 e. The van der Waals surface area contributed by atoms with Crippen LogP contribution in [0, 0.1) is 0 Å². The summed E-state index contributed by atoms with van der Waals surface area (Å²) >= 11 is 0. The number of rotatable bonds is 6. The molecule has 0 saturated heterocycles. The third-order valence-corrected chi connectivity index (χ3v) is 6.65. The molecule has 37 heavy (non-hydrogen) atoms. The van der Waals surface area contributed by atoms with Crippen molar-refractivity contribution in [3.05, 3.63) is 174 Å². The number of hydrogen-bond acceptors (Lipinski definition) is 1. The Hall–Kier alpha value is -4.88. The van der Waals surface area contributed by atoms with Crippen LogP contribution in [0.5, 0.6) is 0 Å². The first-order chi connectivity index (χ1) is 18.4. The molecule has 0 amide bonds. The monoisotopic (exact) mass is 473 g/mol. The largest absolute Gasteiger partial charge is 0.310 e. The van der Waals surface area contributed by atoms with Crippen LogP contribution >= 0.6 is 0 Å². The van der Waals surface area contributed by atoms with Crippen molar-refractivity contribution in [1.82, 2.24) is 0 Å². The summed E-state index contributed by atoms with van der Waals surface area (Å²) in [4.78, 5) is 2.34. The highest BCUT2D eigenvalue weighted by molar-refractivity contribution is 6.07. The highest BCUT2D eigenvalue weighted by atomic mass is 15.1. The van der Waals surface area contributed by atoms with Gasteiger partial charge in [-0.25, -0.2) is 0 Å². The molecule has 0 aromatic heterocycles. The molecule has 1 heteroatoms. The van der Waals surface area contributed by atoms with Crippen molar-refractivity contribution in [1.29, 1.82) is 0 Å². The standard InChI is InChI=1S/C36H27N/c1-5-15-28(16-6-1)27-35(29-17-7-2-8-18-29)33-23-13-25-34-32(33)24-14-26-36(34)37(30-19-9-3-10-20-30)31-21-11-4-12-22-31/h1-27H. The van der Waals surface area contributed by atoms with E-state index in [2.05, 4.69) is 169 Å². The van der Waals surface area contributed by atoms with Gasteiger partial charge in [0.05, 0.1) is 5.69 Å². The summed E-state index contributed by atoms with van der Waals surface area (Å²) in [6, 6.07) is 55.7. The Balaban J connectivity index is 1.59. The highest BCUT2D eigenvalue weighted by Gasteiger charge is 2.17. The van der Waals surface area contributed by atoms with Crippen LogP contribution in [-0.2, 0) is 0 Å². The normalized spacial score (nSPS) is 11.4. The van der Waals surface area contributed by atoms with Gasteiger partial charge >= 0.3 is 0 Å². The van der Waals surface area contributed by atoms with E-state index in [0.29, 0.717) is 0 Å². The Kier molecular flexibility index (Phi) is 6.34. The predicted molar refractivity (Wildman–Crippen MR) is 158 cm³/mol. The van der Waals surface area contributed by atoms with Crippen molar-refractivity contribution in [2.45, 2.75) is 0 Å². The molecule has 0 unspecified atom stereocenters. The SMILES string of the molecule is C(=C(c1ccccc1)c1cccc2c(N(c3ccccc3)c3ccccc3)cccc12)c1ccccc1. The average molecular weight is 474 g/mol. The second-order valence-corrected chi connectivity index (χ2v) is 9.02. The van der Waals surface area contributed by atoms with Crippen LogP contribution in [0.25, 0.3) is 22.4 Å². The Morgan fingerprint density at radius 2 is 0.946 bits per heavy atom. The van der Waals surface area contributed by atoms with Crippen LogP contribution in [0.15, 0.2) is 158 Å². The van der Waals surface area contributed by atoms with Gasteiger partial charge in [-0.05, 0) is 64.1 Å². The van der Waals surface area contributed by atoms with Gasteiger partial charge in [0.15, 0.2) is 0 Å². The van der Waals surface area contributed by atoms with Crippen molar-refractivity contribution in [2.24, 2.45) is 0 Å². The van der Waals surface area contributed by atoms with Gasteiger partial charge in [-0.15, -0.1) is 0 Å². The minimum absolute atomic E-state index is 1.13. The van der Waals surface area contributed by atoms with Crippen LogP contribution in [0.1, 0.15) is 16.7 Å². The second-order valence-electron chi connectivity index (χ2n) is 9.02. The molecule has 6 aromatic rings. The first-order valence-electron chi connectivity index (χ1n) is 12.6. The molecule has 0 aliphatic heterocycles. The molecule has 0 atom stereocenters. The van der Waals surface area contributed by atoms with E-state index in [0.717, 1.165) is 17.1 Å². The molecule has 0 spiro atoms. The lowest BCUT2D eigenvalue weighted by Gasteiger charge is -2.27. The summed E-state index contributed by atoms with van der Waals surface area (Å²) in [7, 11) is 0. The predicted octanol–water partition coefficient (Wildman–Crippen LogP) is 9.90. The molecule has 0 radical (unpaired) electrons. The van der Waals surface area contributed by atoms with Gasteiger partial charge in [0, 0.05) is 16.8 Å². The molecule has 6 rings (SSSR count). The van der Waals surface area contributed by atoms with Crippen LogP contribution in [-0.4, -0.2) is 0 Å². The number of para-hydroxylation sites is 2. The topological polar surface area (TPSA) is 3.24 Å². The first-order valence-corrected chi connectivity index (χ1v) is 12.6. The Bertz CT molecular complexity index is 1600. The fourth-order valence-corrected chi connectivity index (χ4v) is 4.95. The second kappa shape index (κ2) is 10.4. The van der Waals surface area contributed by atoms with Crippen molar-refractivity contribution in [2.75, 3.05) is 4.90 Å². The van der Waals surface area contributed by atoms with E-state index in [1.54, 1.807) is 0 Å². The molecule has 0 saturated carbocycles. The lowest BCUT2D eigenvalue weighted by Crippen LogP contribution is -2.10. The quantitative estimate of drug-likeness (QED) is 0.218. The lowest BCUT2D eigenvalue weighted by atomic mass is 9.91. The zero-order valence-electron chi connectivity index (χ0n) is 20.5. The van der Waals surface area contributed by atoms with Gasteiger partial charge in [-0.2, -0.15) is 0 Å². The minimum atomic E-state index is 1.13. The van der Waals surface area contributed by atoms with Crippen molar-refractivity contribution >= 4 is 39.5 Å². The van der Waals surface area contributed by atoms with Gasteiger partial charge in [0.25, 0.3) is 0 Å². The van der Waals surface area contributed by atoms with Crippen molar-refractivity contribution < 1.29 is 0 Å². The molecule has 0 aliphatic rings. The zero-order valence-corrected chi connectivity index (χ0v) is 20.5. The van der Waals surface area contributed by atoms with Gasteiger partial charge < -0.3 is 4.90 Å². The third-order valence-electron chi connectivity index (χ3n) is 6.65. The molecular formula is C36H27N. The fraction of sp³-hybridized carbons (Fsp3) is 0. The van der Waals surface area contributed by atoms with Gasteiger partial charge in [-0.3, -0.25) is 0 Å². The molecule has 0 N–H and O–H groups in total. The van der Waals surface area contributed by atoms with Crippen LogP contribution in [0.2, 0.25) is 0 Å². The number of fused-ring (bicyclic) bond motifs is 1. The summed E-state index contributed by atoms with van der Waals surface area (Å²) in [6.45, 7) is 0. The summed E-state index contributed by atoms with van der Waals surface area (Å²) in [5.74, 6) is 0. The van der Waals surface area contributed by atoms with E-state index >= 15 is 0 Å². The third kappa shape index (κ3) is 4.68. The zero-order chi connectivity index (χ0) is 24.9. The molecule has 6 aromatic carbocycles. The molecular weight excluding hydrogens is 446 g/mol. The first kappa shape index (κ1) is 22.6. The molecule has 176 valence electrons. The van der Waals surface area contributed by atoms with E-state index in [1.807, 2.05) is 0 Å². The summed E-state index contributed by atoms with van der Waals surface area (Å²) in [5.41, 5.74) is 8.24. The van der Waals surface area contributed by atoms with Gasteiger partial charge in [0.2, 0.25) is 0 Å². The smallest absolute Gasteiger partial charge is 0.0540 e. The van der Waals surface area contributed by atoms with Crippen LogP contribution < -0.4 is 4.90 Å². The van der Waals surface area contributed by atoms with Gasteiger partial charge in [-0.1, -0.05) is 127 Å². The van der Waals surface area contributed by atoms with Gasteiger partial charge in [0.1, 0.15) is 0 Å². The van der Waals surface area contributed by atoms with Crippen molar-refractivity contribution in [3.8, 4) is 0 Å². The van der Waals surface area contributed by atoms with E-state index in [4.69, 9.17) is 0 Å². The van der Waals surface area contributed by atoms with E-state index < -0.39 is 0 Å². The number of benzene rings is 6. The summed E-state index contributed by atoms with van der Waals surface area (Å²) in [6.07, 6.45) is 2.29. The van der Waals surface area contributed by atoms with Crippen LogP contribution in [0.3, 0.4) is 0 Å². The molecule has 0 fully saturated rings.